The third-order valence-corrected chi connectivity index (χ3v) is 3.74. The molecule has 0 saturated carbocycles. The van der Waals surface area contributed by atoms with Gasteiger partial charge in [-0.25, -0.2) is 0 Å². The lowest BCUT2D eigenvalue weighted by Crippen LogP contribution is -2.24. The fraction of sp³-hybridized carbons (Fsp3) is 0.188. The van der Waals surface area contributed by atoms with Gasteiger partial charge in [-0.05, 0) is 23.8 Å². The van der Waals surface area contributed by atoms with Crippen LogP contribution in [0.15, 0.2) is 59.5 Å². The lowest BCUT2D eigenvalue weighted by Gasteiger charge is -2.06. The monoisotopic (exact) mass is 287 g/mol. The lowest BCUT2D eigenvalue weighted by molar-refractivity contribution is -0.118. The van der Waals surface area contributed by atoms with Crippen LogP contribution in [0, 0.1) is 0 Å². The standard InChI is InChI=1S/C16H17NO2S/c1-19-14-8-5-9-15(10-14)20-12-16(18)17-11-13-6-3-2-4-7-13/h2-10H,11-12H2,1H3,(H,17,18). The van der Waals surface area contributed by atoms with Crippen molar-refractivity contribution in [2.75, 3.05) is 12.9 Å². The van der Waals surface area contributed by atoms with Crippen molar-refractivity contribution in [3.8, 4) is 5.75 Å². The van der Waals surface area contributed by atoms with Gasteiger partial charge in [0.25, 0.3) is 0 Å². The summed E-state index contributed by atoms with van der Waals surface area (Å²) >= 11 is 1.50. The van der Waals surface area contributed by atoms with Gasteiger partial charge < -0.3 is 10.1 Å². The molecule has 0 aliphatic rings. The van der Waals surface area contributed by atoms with Crippen molar-refractivity contribution in [2.24, 2.45) is 0 Å². The van der Waals surface area contributed by atoms with Crippen molar-refractivity contribution >= 4 is 17.7 Å². The van der Waals surface area contributed by atoms with Gasteiger partial charge >= 0.3 is 0 Å². The molecule has 1 amide bonds. The number of methoxy groups -OCH3 is 1. The molecule has 0 spiro atoms. The Morgan fingerprint density at radius 2 is 1.95 bits per heavy atom. The summed E-state index contributed by atoms with van der Waals surface area (Å²) in [5.41, 5.74) is 1.10. The second-order valence-electron chi connectivity index (χ2n) is 4.23. The number of carbonyl (C=O) groups excluding carboxylic acids is 1. The molecule has 3 nitrogen and oxygen atoms in total. The fourth-order valence-electron chi connectivity index (χ4n) is 1.69. The molecule has 20 heavy (non-hydrogen) atoms. The molecule has 0 aromatic heterocycles. The van der Waals surface area contributed by atoms with E-state index in [1.54, 1.807) is 7.11 Å². The molecule has 1 N–H and O–H groups in total. The zero-order chi connectivity index (χ0) is 14.2. The summed E-state index contributed by atoms with van der Waals surface area (Å²) in [5.74, 6) is 1.24. The Kier molecular flexibility index (Phi) is 5.50. The first-order valence-electron chi connectivity index (χ1n) is 6.35. The Morgan fingerprint density at radius 3 is 2.70 bits per heavy atom. The second kappa shape index (κ2) is 7.60. The first-order valence-corrected chi connectivity index (χ1v) is 7.34. The van der Waals surface area contributed by atoms with E-state index in [0.29, 0.717) is 12.3 Å². The Balaban J connectivity index is 1.77. The van der Waals surface area contributed by atoms with E-state index in [-0.39, 0.29) is 5.91 Å². The molecule has 4 heteroatoms. The van der Waals surface area contributed by atoms with Gasteiger partial charge in [0.05, 0.1) is 12.9 Å². The highest BCUT2D eigenvalue weighted by Gasteiger charge is 2.03. The van der Waals surface area contributed by atoms with Gasteiger partial charge in [-0.3, -0.25) is 4.79 Å². The Hall–Kier alpha value is -1.94. The third kappa shape index (κ3) is 4.63. The van der Waals surface area contributed by atoms with Crippen molar-refractivity contribution < 1.29 is 9.53 Å². The highest BCUT2D eigenvalue weighted by Crippen LogP contribution is 2.22. The summed E-state index contributed by atoms with van der Waals surface area (Å²) < 4.78 is 5.15. The van der Waals surface area contributed by atoms with Crippen molar-refractivity contribution in [1.29, 1.82) is 0 Å². The predicted octanol–water partition coefficient (Wildman–Crippen LogP) is 3.10. The normalized spacial score (nSPS) is 10.1. The molecule has 0 fully saturated rings. The zero-order valence-corrected chi connectivity index (χ0v) is 12.2. The molecule has 0 bridgehead atoms. The van der Waals surface area contributed by atoms with Crippen LogP contribution >= 0.6 is 11.8 Å². The molecule has 0 radical (unpaired) electrons. The number of hydrogen-bond acceptors (Lipinski definition) is 3. The van der Waals surface area contributed by atoms with Crippen molar-refractivity contribution in [2.45, 2.75) is 11.4 Å². The van der Waals surface area contributed by atoms with Crippen LogP contribution in [0.25, 0.3) is 0 Å². The average molecular weight is 287 g/mol. The molecule has 0 aliphatic carbocycles. The number of hydrogen-bond donors (Lipinski definition) is 1. The molecule has 104 valence electrons. The van der Waals surface area contributed by atoms with E-state index in [1.165, 1.54) is 11.8 Å². The first kappa shape index (κ1) is 14.5. The van der Waals surface area contributed by atoms with E-state index in [0.717, 1.165) is 16.2 Å². The maximum Gasteiger partial charge on any atom is 0.230 e. The van der Waals surface area contributed by atoms with Crippen molar-refractivity contribution in [3.63, 3.8) is 0 Å². The van der Waals surface area contributed by atoms with Crippen LogP contribution in [0.5, 0.6) is 5.75 Å². The summed E-state index contributed by atoms with van der Waals surface area (Å²) in [4.78, 5) is 12.8. The summed E-state index contributed by atoms with van der Waals surface area (Å²) in [6, 6.07) is 17.6. The van der Waals surface area contributed by atoms with Crippen LogP contribution in [-0.4, -0.2) is 18.8 Å². The Morgan fingerprint density at radius 1 is 1.15 bits per heavy atom. The van der Waals surface area contributed by atoms with E-state index in [9.17, 15) is 4.79 Å². The summed E-state index contributed by atoms with van der Waals surface area (Å²) in [5, 5.41) is 2.91. The highest BCUT2D eigenvalue weighted by atomic mass is 32.2. The van der Waals surface area contributed by atoms with Crippen LogP contribution in [0.4, 0.5) is 0 Å². The number of amides is 1. The van der Waals surface area contributed by atoms with Crippen LogP contribution in [0.1, 0.15) is 5.56 Å². The number of carbonyl (C=O) groups is 1. The number of rotatable bonds is 6. The SMILES string of the molecule is COc1cccc(SCC(=O)NCc2ccccc2)c1. The molecule has 0 saturated heterocycles. The predicted molar refractivity (Wildman–Crippen MR) is 82.0 cm³/mol. The van der Waals surface area contributed by atoms with E-state index < -0.39 is 0 Å². The quantitative estimate of drug-likeness (QED) is 0.830. The maximum absolute atomic E-state index is 11.8. The van der Waals surface area contributed by atoms with Gasteiger partial charge in [0.15, 0.2) is 0 Å². The van der Waals surface area contributed by atoms with E-state index in [1.807, 2.05) is 54.6 Å². The van der Waals surface area contributed by atoms with Gasteiger partial charge in [0.2, 0.25) is 5.91 Å². The number of thioether (sulfide) groups is 1. The maximum atomic E-state index is 11.8. The second-order valence-corrected chi connectivity index (χ2v) is 5.28. The van der Waals surface area contributed by atoms with Crippen LogP contribution in [0.3, 0.4) is 0 Å². The van der Waals surface area contributed by atoms with Gasteiger partial charge in [-0.15, -0.1) is 11.8 Å². The van der Waals surface area contributed by atoms with E-state index >= 15 is 0 Å². The number of ether oxygens (including phenoxy) is 1. The smallest absolute Gasteiger partial charge is 0.230 e. The molecule has 0 heterocycles. The number of nitrogens with one attached hydrogen (secondary N) is 1. The van der Waals surface area contributed by atoms with Crippen molar-refractivity contribution in [1.82, 2.24) is 5.32 Å². The topological polar surface area (TPSA) is 38.3 Å². The van der Waals surface area contributed by atoms with E-state index in [4.69, 9.17) is 4.74 Å². The van der Waals surface area contributed by atoms with Gasteiger partial charge in [0.1, 0.15) is 5.75 Å². The Labute approximate surface area is 123 Å². The van der Waals surface area contributed by atoms with Crippen LogP contribution in [0.2, 0.25) is 0 Å². The van der Waals surface area contributed by atoms with Crippen molar-refractivity contribution in [3.05, 3.63) is 60.2 Å². The van der Waals surface area contributed by atoms with Gasteiger partial charge in [0, 0.05) is 11.4 Å². The molecular formula is C16H17NO2S. The minimum atomic E-state index is 0.0293. The third-order valence-electron chi connectivity index (χ3n) is 2.74. The molecule has 0 unspecified atom stereocenters. The van der Waals surface area contributed by atoms with Gasteiger partial charge in [-0.1, -0.05) is 36.4 Å². The minimum Gasteiger partial charge on any atom is -0.497 e. The molecule has 2 aromatic carbocycles. The molecular weight excluding hydrogens is 270 g/mol. The summed E-state index contributed by atoms with van der Waals surface area (Å²) in [6.45, 7) is 0.568. The van der Waals surface area contributed by atoms with Crippen LogP contribution < -0.4 is 10.1 Å². The average Bonchev–Trinajstić information content (AvgIpc) is 2.52. The first-order chi connectivity index (χ1) is 9.78. The molecule has 2 rings (SSSR count). The molecule has 0 aliphatic heterocycles. The molecule has 0 atom stereocenters. The van der Waals surface area contributed by atoms with E-state index in [2.05, 4.69) is 5.32 Å². The highest BCUT2D eigenvalue weighted by molar-refractivity contribution is 8.00. The summed E-state index contributed by atoms with van der Waals surface area (Å²) in [7, 11) is 1.64. The molecule has 2 aromatic rings. The lowest BCUT2D eigenvalue weighted by atomic mass is 10.2. The minimum absolute atomic E-state index is 0.0293. The number of benzene rings is 2. The Bertz CT molecular complexity index is 557. The van der Waals surface area contributed by atoms with Crippen LogP contribution in [-0.2, 0) is 11.3 Å². The zero-order valence-electron chi connectivity index (χ0n) is 11.3. The summed E-state index contributed by atoms with van der Waals surface area (Å²) in [6.07, 6.45) is 0. The van der Waals surface area contributed by atoms with Gasteiger partial charge in [-0.2, -0.15) is 0 Å². The fourth-order valence-corrected chi connectivity index (χ4v) is 2.46. The largest absolute Gasteiger partial charge is 0.497 e.